The lowest BCUT2D eigenvalue weighted by atomic mass is 10.00. The van der Waals surface area contributed by atoms with E-state index < -0.39 is 0 Å². The van der Waals surface area contributed by atoms with Crippen LogP contribution in [0.25, 0.3) is 0 Å². The summed E-state index contributed by atoms with van der Waals surface area (Å²) >= 11 is 1.65. The number of carbonyl (C=O) groups is 2. The van der Waals surface area contributed by atoms with Crippen molar-refractivity contribution in [2.75, 3.05) is 12.8 Å². The maximum absolute atomic E-state index is 11.7. The Balaban J connectivity index is 2.08. The Labute approximate surface area is 115 Å². The molecule has 1 aliphatic heterocycles. The van der Waals surface area contributed by atoms with Gasteiger partial charge in [-0.3, -0.25) is 14.5 Å². The first-order chi connectivity index (χ1) is 8.56. The molecule has 0 bridgehead atoms. The number of unbranched alkanes of at least 4 members (excludes halogenated alkanes) is 1. The third kappa shape index (κ3) is 4.63. The Bertz CT molecular complexity index is 294. The number of likely N-dealkylation sites (tertiary alicyclic amines) is 1. The maximum Gasteiger partial charge on any atom is 0.242 e. The summed E-state index contributed by atoms with van der Waals surface area (Å²) in [5, 5.41) is -0.115. The standard InChI is InChI=1S/C14H25NO2S/c1-4-7-11(2)8-5-6-9-18-12-10-13(16)15(3)14(12)17/h11-12H,4-10H2,1-3H3. The summed E-state index contributed by atoms with van der Waals surface area (Å²) in [6.45, 7) is 4.54. The molecule has 2 atom stereocenters. The Morgan fingerprint density at radius 2 is 2.06 bits per heavy atom. The summed E-state index contributed by atoms with van der Waals surface area (Å²) in [6.07, 6.45) is 6.64. The molecule has 0 saturated carbocycles. The van der Waals surface area contributed by atoms with E-state index in [-0.39, 0.29) is 17.1 Å². The molecule has 104 valence electrons. The molecule has 2 amide bonds. The number of rotatable bonds is 8. The van der Waals surface area contributed by atoms with Gasteiger partial charge < -0.3 is 0 Å². The van der Waals surface area contributed by atoms with Gasteiger partial charge in [0, 0.05) is 13.5 Å². The molecule has 2 unspecified atom stereocenters. The van der Waals surface area contributed by atoms with Crippen LogP contribution in [0.2, 0.25) is 0 Å². The van der Waals surface area contributed by atoms with E-state index in [1.807, 2.05) is 0 Å². The summed E-state index contributed by atoms with van der Waals surface area (Å²) in [6, 6.07) is 0. The van der Waals surface area contributed by atoms with Crippen LogP contribution < -0.4 is 0 Å². The van der Waals surface area contributed by atoms with Crippen LogP contribution in [0.4, 0.5) is 0 Å². The van der Waals surface area contributed by atoms with E-state index in [0.29, 0.717) is 6.42 Å². The van der Waals surface area contributed by atoms with Crippen molar-refractivity contribution < 1.29 is 9.59 Å². The molecule has 0 aromatic heterocycles. The first kappa shape index (κ1) is 15.5. The van der Waals surface area contributed by atoms with Gasteiger partial charge in [-0.25, -0.2) is 0 Å². The van der Waals surface area contributed by atoms with Crippen LogP contribution in [-0.2, 0) is 9.59 Å². The molecule has 1 heterocycles. The van der Waals surface area contributed by atoms with Crippen molar-refractivity contribution in [1.29, 1.82) is 0 Å². The number of imide groups is 1. The lowest BCUT2D eigenvalue weighted by Gasteiger charge is -2.10. The molecule has 1 aliphatic rings. The zero-order valence-corrected chi connectivity index (χ0v) is 12.6. The number of nitrogens with zero attached hydrogens (tertiary/aromatic N) is 1. The van der Waals surface area contributed by atoms with Gasteiger partial charge in [0.25, 0.3) is 0 Å². The molecule has 1 saturated heterocycles. The summed E-state index contributed by atoms with van der Waals surface area (Å²) in [5.41, 5.74) is 0. The summed E-state index contributed by atoms with van der Waals surface area (Å²) in [5.74, 6) is 1.77. The van der Waals surface area contributed by atoms with Crippen molar-refractivity contribution in [3.63, 3.8) is 0 Å². The number of hydrogen-bond acceptors (Lipinski definition) is 3. The van der Waals surface area contributed by atoms with E-state index in [1.54, 1.807) is 18.8 Å². The van der Waals surface area contributed by atoms with Crippen molar-refractivity contribution in [3.05, 3.63) is 0 Å². The molecule has 3 nitrogen and oxygen atoms in total. The van der Waals surface area contributed by atoms with Crippen LogP contribution in [0.3, 0.4) is 0 Å². The van der Waals surface area contributed by atoms with E-state index in [0.717, 1.165) is 18.1 Å². The van der Waals surface area contributed by atoms with Crippen molar-refractivity contribution >= 4 is 23.6 Å². The van der Waals surface area contributed by atoms with Crippen LogP contribution in [0.15, 0.2) is 0 Å². The smallest absolute Gasteiger partial charge is 0.242 e. The average molecular weight is 271 g/mol. The number of thioether (sulfide) groups is 1. The molecule has 0 aromatic carbocycles. The molecule has 4 heteroatoms. The molecule has 0 aliphatic carbocycles. The first-order valence-corrected chi connectivity index (χ1v) is 8.03. The minimum atomic E-state index is -0.115. The predicted octanol–water partition coefficient (Wildman–Crippen LogP) is 3.08. The quantitative estimate of drug-likeness (QED) is 0.503. The lowest BCUT2D eigenvalue weighted by Crippen LogP contribution is -2.26. The first-order valence-electron chi connectivity index (χ1n) is 6.98. The van der Waals surface area contributed by atoms with Gasteiger partial charge in [0.15, 0.2) is 0 Å². The minimum Gasteiger partial charge on any atom is -0.285 e. The topological polar surface area (TPSA) is 37.4 Å². The van der Waals surface area contributed by atoms with Crippen molar-refractivity contribution in [2.45, 2.75) is 57.6 Å². The summed E-state index contributed by atoms with van der Waals surface area (Å²) in [4.78, 5) is 24.3. The Morgan fingerprint density at radius 3 is 2.61 bits per heavy atom. The van der Waals surface area contributed by atoms with Crippen LogP contribution in [0.1, 0.15) is 52.4 Å². The lowest BCUT2D eigenvalue weighted by molar-refractivity contribution is -0.136. The highest BCUT2D eigenvalue weighted by atomic mass is 32.2. The molecule has 0 radical (unpaired) electrons. The highest BCUT2D eigenvalue weighted by molar-refractivity contribution is 8.00. The second kappa shape index (κ2) is 7.82. The van der Waals surface area contributed by atoms with Gasteiger partial charge >= 0.3 is 0 Å². The van der Waals surface area contributed by atoms with Crippen molar-refractivity contribution in [2.24, 2.45) is 5.92 Å². The van der Waals surface area contributed by atoms with Gasteiger partial charge in [0.2, 0.25) is 11.8 Å². The number of hydrogen-bond donors (Lipinski definition) is 0. The molecule has 18 heavy (non-hydrogen) atoms. The van der Waals surface area contributed by atoms with Gasteiger partial charge in [-0.05, 0) is 18.1 Å². The van der Waals surface area contributed by atoms with Crippen LogP contribution >= 0.6 is 11.8 Å². The fourth-order valence-electron chi connectivity index (χ4n) is 2.31. The van der Waals surface area contributed by atoms with E-state index in [4.69, 9.17) is 0 Å². The van der Waals surface area contributed by atoms with Gasteiger partial charge in [0.05, 0.1) is 5.25 Å². The Hall–Kier alpha value is -0.510. The predicted molar refractivity (Wildman–Crippen MR) is 76.6 cm³/mol. The van der Waals surface area contributed by atoms with E-state index in [9.17, 15) is 9.59 Å². The van der Waals surface area contributed by atoms with Crippen LogP contribution in [-0.4, -0.2) is 34.8 Å². The largest absolute Gasteiger partial charge is 0.285 e. The molecular formula is C14H25NO2S. The van der Waals surface area contributed by atoms with E-state index in [2.05, 4.69) is 13.8 Å². The zero-order chi connectivity index (χ0) is 13.5. The van der Waals surface area contributed by atoms with Gasteiger partial charge in [0.1, 0.15) is 0 Å². The zero-order valence-electron chi connectivity index (χ0n) is 11.8. The molecule has 0 N–H and O–H groups in total. The molecular weight excluding hydrogens is 246 g/mol. The minimum absolute atomic E-state index is 0.00986. The van der Waals surface area contributed by atoms with Crippen LogP contribution in [0.5, 0.6) is 0 Å². The third-order valence-electron chi connectivity index (χ3n) is 3.53. The number of amides is 2. The Morgan fingerprint density at radius 1 is 1.33 bits per heavy atom. The summed E-state index contributed by atoms with van der Waals surface area (Å²) < 4.78 is 0. The second-order valence-corrected chi connectivity index (χ2v) is 6.55. The van der Waals surface area contributed by atoms with E-state index in [1.165, 1.54) is 30.6 Å². The molecule has 0 aromatic rings. The van der Waals surface area contributed by atoms with E-state index >= 15 is 0 Å². The van der Waals surface area contributed by atoms with Gasteiger partial charge in [-0.15, -0.1) is 11.8 Å². The monoisotopic (exact) mass is 271 g/mol. The third-order valence-corrected chi connectivity index (χ3v) is 4.83. The molecule has 0 spiro atoms. The highest BCUT2D eigenvalue weighted by Gasteiger charge is 2.35. The average Bonchev–Trinajstić information content (AvgIpc) is 2.57. The molecule has 1 fully saturated rings. The normalized spacial score (nSPS) is 21.7. The van der Waals surface area contributed by atoms with Crippen molar-refractivity contribution in [1.82, 2.24) is 4.90 Å². The Kier molecular flexibility index (Phi) is 6.76. The van der Waals surface area contributed by atoms with Gasteiger partial charge in [-0.1, -0.05) is 39.5 Å². The fourth-order valence-corrected chi connectivity index (χ4v) is 3.53. The highest BCUT2D eigenvalue weighted by Crippen LogP contribution is 2.25. The summed E-state index contributed by atoms with van der Waals surface area (Å²) in [7, 11) is 1.58. The molecule has 1 rings (SSSR count). The fraction of sp³-hybridized carbons (Fsp3) is 0.857. The van der Waals surface area contributed by atoms with Crippen LogP contribution in [0, 0.1) is 5.92 Å². The second-order valence-electron chi connectivity index (χ2n) is 5.24. The van der Waals surface area contributed by atoms with Crippen molar-refractivity contribution in [3.8, 4) is 0 Å². The maximum atomic E-state index is 11.7. The van der Waals surface area contributed by atoms with Gasteiger partial charge in [-0.2, -0.15) is 0 Å². The SMILES string of the molecule is CCCC(C)CCCCSC1CC(=O)N(C)C1=O. The number of carbonyl (C=O) groups excluding carboxylic acids is 2.